The van der Waals surface area contributed by atoms with E-state index in [1.165, 1.54) is 18.2 Å². The highest BCUT2D eigenvalue weighted by atomic mass is 19.1. The Morgan fingerprint density at radius 1 is 1.35 bits per heavy atom. The Morgan fingerprint density at radius 3 is 2.60 bits per heavy atom. The van der Waals surface area contributed by atoms with Gasteiger partial charge in [-0.25, -0.2) is 9.18 Å². The van der Waals surface area contributed by atoms with Crippen LogP contribution < -0.4 is 5.32 Å². The Kier molecular flexibility index (Phi) is 5.83. The molecule has 0 saturated heterocycles. The Balaban J connectivity index is 2.68. The molecule has 20 heavy (non-hydrogen) atoms. The third-order valence-corrected chi connectivity index (χ3v) is 2.80. The van der Waals surface area contributed by atoms with E-state index in [4.69, 9.17) is 5.11 Å². The number of rotatable bonds is 7. The van der Waals surface area contributed by atoms with Gasteiger partial charge in [-0.3, -0.25) is 9.59 Å². The predicted octanol–water partition coefficient (Wildman–Crippen LogP) is 1.77. The Hall–Kier alpha value is -2.24. The van der Waals surface area contributed by atoms with Gasteiger partial charge in [-0.2, -0.15) is 0 Å². The fourth-order valence-electron chi connectivity index (χ4n) is 1.61. The van der Waals surface area contributed by atoms with Crippen molar-refractivity contribution in [3.05, 3.63) is 35.6 Å². The third kappa shape index (κ3) is 4.79. The molecule has 1 aromatic rings. The summed E-state index contributed by atoms with van der Waals surface area (Å²) in [5, 5.41) is 11.3. The molecule has 0 unspecified atom stereocenters. The van der Waals surface area contributed by atoms with Crippen LogP contribution in [0.5, 0.6) is 0 Å². The number of carboxylic acids is 1. The number of carbonyl (C=O) groups is 3. The predicted molar refractivity (Wildman–Crippen MR) is 69.8 cm³/mol. The van der Waals surface area contributed by atoms with E-state index in [-0.39, 0.29) is 24.2 Å². The van der Waals surface area contributed by atoms with Crippen molar-refractivity contribution >= 4 is 17.7 Å². The summed E-state index contributed by atoms with van der Waals surface area (Å²) in [6.45, 7) is 1.68. The molecule has 1 rings (SSSR count). The normalized spacial score (nSPS) is 11.7. The topological polar surface area (TPSA) is 83.5 Å². The second-order valence-corrected chi connectivity index (χ2v) is 4.31. The van der Waals surface area contributed by atoms with Crippen LogP contribution in [0.3, 0.4) is 0 Å². The average Bonchev–Trinajstić information content (AvgIpc) is 2.42. The first-order valence-corrected chi connectivity index (χ1v) is 6.25. The quantitative estimate of drug-likeness (QED) is 0.797. The molecule has 1 atom stereocenters. The lowest BCUT2D eigenvalue weighted by Crippen LogP contribution is -2.41. The summed E-state index contributed by atoms with van der Waals surface area (Å²) in [6.07, 6.45) is 0.421. The standard InChI is InChI=1S/C14H16FNO4/c1-2-11(17)6-7-12(14(19)20)16-13(18)9-4-3-5-10(15)8-9/h3-5,8,12H,2,6-7H2,1H3,(H,16,18)(H,19,20)/t12-/m0/s1. The van der Waals surface area contributed by atoms with E-state index in [0.717, 1.165) is 6.07 Å². The van der Waals surface area contributed by atoms with Crippen molar-refractivity contribution in [3.63, 3.8) is 0 Å². The Labute approximate surface area is 115 Å². The molecule has 0 fully saturated rings. The molecular weight excluding hydrogens is 265 g/mol. The number of nitrogens with one attached hydrogen (secondary N) is 1. The third-order valence-electron chi connectivity index (χ3n) is 2.80. The van der Waals surface area contributed by atoms with E-state index in [9.17, 15) is 18.8 Å². The molecule has 1 aromatic carbocycles. The minimum atomic E-state index is -1.22. The maximum Gasteiger partial charge on any atom is 0.326 e. The zero-order valence-corrected chi connectivity index (χ0v) is 11.1. The van der Waals surface area contributed by atoms with Gasteiger partial charge in [0.05, 0.1) is 0 Å². The highest BCUT2D eigenvalue weighted by molar-refractivity contribution is 5.96. The molecule has 1 amide bonds. The maximum absolute atomic E-state index is 13.0. The maximum atomic E-state index is 13.0. The van der Waals surface area contributed by atoms with Crippen LogP contribution in [0.2, 0.25) is 0 Å². The van der Waals surface area contributed by atoms with Crippen LogP contribution in [-0.2, 0) is 9.59 Å². The summed E-state index contributed by atoms with van der Waals surface area (Å²) in [7, 11) is 0. The summed E-state index contributed by atoms with van der Waals surface area (Å²) in [5.74, 6) is -2.55. The van der Waals surface area contributed by atoms with Gasteiger partial charge in [0, 0.05) is 18.4 Å². The van der Waals surface area contributed by atoms with Crippen LogP contribution in [0, 0.1) is 5.82 Å². The van der Waals surface area contributed by atoms with Gasteiger partial charge in [-0.15, -0.1) is 0 Å². The lowest BCUT2D eigenvalue weighted by atomic mass is 10.1. The number of ketones is 1. The highest BCUT2D eigenvalue weighted by Crippen LogP contribution is 2.06. The zero-order chi connectivity index (χ0) is 15.1. The van der Waals surface area contributed by atoms with Crippen molar-refractivity contribution in [3.8, 4) is 0 Å². The van der Waals surface area contributed by atoms with Crippen LogP contribution in [-0.4, -0.2) is 28.8 Å². The summed E-state index contributed by atoms with van der Waals surface area (Å²) < 4.78 is 13.0. The molecule has 0 aliphatic carbocycles. The number of carboxylic acid groups (broad SMARTS) is 1. The average molecular weight is 281 g/mol. The highest BCUT2D eigenvalue weighted by Gasteiger charge is 2.21. The van der Waals surface area contributed by atoms with Crippen LogP contribution >= 0.6 is 0 Å². The van der Waals surface area contributed by atoms with E-state index in [1.54, 1.807) is 6.92 Å². The fraction of sp³-hybridized carbons (Fsp3) is 0.357. The molecule has 6 heteroatoms. The lowest BCUT2D eigenvalue weighted by molar-refractivity contribution is -0.139. The van der Waals surface area contributed by atoms with E-state index in [0.29, 0.717) is 6.42 Å². The molecular formula is C14H16FNO4. The monoisotopic (exact) mass is 281 g/mol. The van der Waals surface area contributed by atoms with Crippen LogP contribution in [0.25, 0.3) is 0 Å². The molecule has 0 saturated carbocycles. The zero-order valence-electron chi connectivity index (χ0n) is 11.1. The molecule has 0 aliphatic rings. The number of amides is 1. The van der Waals surface area contributed by atoms with Gasteiger partial charge in [0.1, 0.15) is 17.6 Å². The van der Waals surface area contributed by atoms with Gasteiger partial charge in [-0.05, 0) is 24.6 Å². The van der Waals surface area contributed by atoms with Crippen LogP contribution in [0.1, 0.15) is 36.5 Å². The molecule has 0 bridgehead atoms. The van der Waals surface area contributed by atoms with Crippen LogP contribution in [0.15, 0.2) is 24.3 Å². The molecule has 0 aliphatic heterocycles. The van der Waals surface area contributed by atoms with Crippen molar-refractivity contribution in [2.75, 3.05) is 0 Å². The summed E-state index contributed by atoms with van der Waals surface area (Å²) >= 11 is 0. The molecule has 0 radical (unpaired) electrons. The van der Waals surface area contributed by atoms with E-state index in [1.807, 2.05) is 0 Å². The molecule has 0 aromatic heterocycles. The van der Waals surface area contributed by atoms with Gasteiger partial charge in [0.15, 0.2) is 0 Å². The number of hydrogen-bond donors (Lipinski definition) is 2. The molecule has 5 nitrogen and oxygen atoms in total. The molecule has 0 spiro atoms. The minimum absolute atomic E-state index is 0.0169. The molecule has 0 heterocycles. The summed E-state index contributed by atoms with van der Waals surface area (Å²) in [5.41, 5.74) is 0.0399. The van der Waals surface area contributed by atoms with E-state index >= 15 is 0 Å². The fourth-order valence-corrected chi connectivity index (χ4v) is 1.61. The number of benzene rings is 1. The second-order valence-electron chi connectivity index (χ2n) is 4.31. The van der Waals surface area contributed by atoms with Crippen molar-refractivity contribution in [1.29, 1.82) is 0 Å². The number of halogens is 1. The van der Waals surface area contributed by atoms with Crippen molar-refractivity contribution in [2.24, 2.45) is 0 Å². The second kappa shape index (κ2) is 7.37. The Morgan fingerprint density at radius 2 is 2.05 bits per heavy atom. The summed E-state index contributed by atoms with van der Waals surface area (Å²) in [6, 6.07) is 3.78. The Bertz CT molecular complexity index is 516. The SMILES string of the molecule is CCC(=O)CC[C@H](NC(=O)c1cccc(F)c1)C(=O)O. The van der Waals surface area contributed by atoms with Crippen molar-refractivity contribution in [1.82, 2.24) is 5.32 Å². The molecule has 2 N–H and O–H groups in total. The largest absolute Gasteiger partial charge is 0.480 e. The van der Waals surface area contributed by atoms with E-state index < -0.39 is 23.7 Å². The smallest absolute Gasteiger partial charge is 0.326 e. The lowest BCUT2D eigenvalue weighted by Gasteiger charge is -2.14. The number of hydrogen-bond acceptors (Lipinski definition) is 3. The molecule has 108 valence electrons. The van der Waals surface area contributed by atoms with E-state index in [2.05, 4.69) is 5.32 Å². The first-order chi connectivity index (χ1) is 9.43. The van der Waals surface area contributed by atoms with Gasteiger partial charge < -0.3 is 10.4 Å². The number of carbonyl (C=O) groups excluding carboxylic acids is 2. The van der Waals surface area contributed by atoms with Gasteiger partial charge in [-0.1, -0.05) is 13.0 Å². The first-order valence-electron chi connectivity index (χ1n) is 6.25. The van der Waals surface area contributed by atoms with Gasteiger partial charge >= 0.3 is 5.97 Å². The van der Waals surface area contributed by atoms with Gasteiger partial charge in [0.25, 0.3) is 5.91 Å². The summed E-state index contributed by atoms with van der Waals surface area (Å²) in [4.78, 5) is 34.0. The first kappa shape index (κ1) is 15.8. The number of Topliss-reactive ketones (excluding diaryl/α,β-unsaturated/α-hetero) is 1. The van der Waals surface area contributed by atoms with Crippen LogP contribution in [0.4, 0.5) is 4.39 Å². The minimum Gasteiger partial charge on any atom is -0.480 e. The van der Waals surface area contributed by atoms with Gasteiger partial charge in [0.2, 0.25) is 0 Å². The van der Waals surface area contributed by atoms with Crippen molar-refractivity contribution in [2.45, 2.75) is 32.2 Å². The van der Waals surface area contributed by atoms with Crippen molar-refractivity contribution < 1.29 is 23.9 Å². The number of aliphatic carboxylic acids is 1.